The van der Waals surface area contributed by atoms with Gasteiger partial charge in [-0.25, -0.2) is 0 Å². The lowest BCUT2D eigenvalue weighted by Crippen LogP contribution is -2.15. The van der Waals surface area contributed by atoms with E-state index < -0.39 is 0 Å². The summed E-state index contributed by atoms with van der Waals surface area (Å²) in [6, 6.07) is 6.12. The Morgan fingerprint density at radius 1 is 1.18 bits per heavy atom. The molecule has 6 nitrogen and oxygen atoms in total. The van der Waals surface area contributed by atoms with E-state index in [4.69, 9.17) is 5.73 Å². The van der Waals surface area contributed by atoms with E-state index in [-0.39, 0.29) is 18.1 Å². The maximum absolute atomic E-state index is 12.7. The Morgan fingerprint density at radius 3 is 2.64 bits per heavy atom. The molecule has 0 atom stereocenters. The highest BCUT2D eigenvalue weighted by atomic mass is 32.2. The third kappa shape index (κ3) is 5.22. The Hall–Kier alpha value is -2.15. The first-order valence-corrected chi connectivity index (χ1v) is 10.9. The minimum absolute atomic E-state index is 0.108. The fourth-order valence-corrected chi connectivity index (χ4v) is 4.38. The number of aromatic nitrogens is 3. The summed E-state index contributed by atoms with van der Waals surface area (Å²) >= 11 is 1.41. The van der Waals surface area contributed by atoms with Crippen LogP contribution in [0.25, 0.3) is 0 Å². The highest BCUT2D eigenvalue weighted by Gasteiger charge is 2.17. The number of amides is 1. The van der Waals surface area contributed by atoms with Crippen molar-refractivity contribution in [1.29, 1.82) is 0 Å². The molecule has 0 saturated carbocycles. The van der Waals surface area contributed by atoms with Crippen LogP contribution in [0.2, 0.25) is 0 Å². The van der Waals surface area contributed by atoms with Crippen molar-refractivity contribution < 1.29 is 9.59 Å². The maximum Gasteiger partial charge on any atom is 0.217 e. The summed E-state index contributed by atoms with van der Waals surface area (Å²) in [4.78, 5) is 23.8. The molecule has 1 aliphatic rings. The second-order valence-corrected chi connectivity index (χ2v) is 8.71. The average molecular weight is 401 g/mol. The van der Waals surface area contributed by atoms with Crippen LogP contribution in [0.1, 0.15) is 60.4 Å². The van der Waals surface area contributed by atoms with Gasteiger partial charge in [0, 0.05) is 24.9 Å². The van der Waals surface area contributed by atoms with Gasteiger partial charge in [-0.2, -0.15) is 0 Å². The molecule has 1 heterocycles. The first-order chi connectivity index (χ1) is 13.4. The number of Topliss-reactive ketones (excluding diaryl/α,β-unsaturated/α-hetero) is 1. The summed E-state index contributed by atoms with van der Waals surface area (Å²) in [5.41, 5.74) is 8.74. The first kappa shape index (κ1) is 20.6. The van der Waals surface area contributed by atoms with Gasteiger partial charge in [0.2, 0.25) is 5.91 Å². The largest absolute Gasteiger partial charge is 0.370 e. The van der Waals surface area contributed by atoms with Crippen molar-refractivity contribution >= 4 is 23.5 Å². The summed E-state index contributed by atoms with van der Waals surface area (Å²) in [7, 11) is 0. The van der Waals surface area contributed by atoms with Gasteiger partial charge in [-0.15, -0.1) is 10.2 Å². The van der Waals surface area contributed by atoms with Gasteiger partial charge in [0.05, 0.1) is 5.75 Å². The number of aryl methyl sites for hydroxylation is 3. The van der Waals surface area contributed by atoms with Gasteiger partial charge in [0.25, 0.3) is 0 Å². The molecule has 0 bridgehead atoms. The summed E-state index contributed by atoms with van der Waals surface area (Å²) in [5.74, 6) is 1.23. The van der Waals surface area contributed by atoms with Gasteiger partial charge in [-0.3, -0.25) is 9.59 Å². The van der Waals surface area contributed by atoms with Crippen molar-refractivity contribution in [1.82, 2.24) is 14.8 Å². The van der Waals surface area contributed by atoms with Crippen molar-refractivity contribution in [3.05, 3.63) is 40.7 Å². The Morgan fingerprint density at radius 2 is 1.93 bits per heavy atom. The molecule has 7 heteroatoms. The zero-order valence-corrected chi connectivity index (χ0v) is 17.4. The van der Waals surface area contributed by atoms with E-state index in [1.807, 2.05) is 10.6 Å². The van der Waals surface area contributed by atoms with Gasteiger partial charge < -0.3 is 10.3 Å². The quantitative estimate of drug-likeness (QED) is 0.515. The van der Waals surface area contributed by atoms with Crippen molar-refractivity contribution in [2.24, 2.45) is 11.7 Å². The molecule has 1 aliphatic carbocycles. The predicted octanol–water partition coefficient (Wildman–Crippen LogP) is 3.21. The first-order valence-electron chi connectivity index (χ1n) is 9.92. The summed E-state index contributed by atoms with van der Waals surface area (Å²) in [6.45, 7) is 4.98. The van der Waals surface area contributed by atoms with Crippen molar-refractivity contribution in [3.63, 3.8) is 0 Å². The molecule has 0 unspecified atom stereocenters. The number of hydrogen-bond donors (Lipinski definition) is 1. The molecule has 1 aromatic heterocycles. The second-order valence-electron chi connectivity index (χ2n) is 7.77. The van der Waals surface area contributed by atoms with Crippen molar-refractivity contribution in [2.75, 3.05) is 5.75 Å². The van der Waals surface area contributed by atoms with Gasteiger partial charge in [0.1, 0.15) is 5.82 Å². The predicted molar refractivity (Wildman–Crippen MR) is 111 cm³/mol. The lowest BCUT2D eigenvalue weighted by molar-refractivity contribution is -0.118. The number of nitrogens with zero attached hydrogens (tertiary/aromatic N) is 3. The van der Waals surface area contributed by atoms with E-state index in [2.05, 4.69) is 36.2 Å². The van der Waals surface area contributed by atoms with E-state index in [1.165, 1.54) is 35.7 Å². The van der Waals surface area contributed by atoms with E-state index >= 15 is 0 Å². The molecule has 0 fully saturated rings. The summed E-state index contributed by atoms with van der Waals surface area (Å²) in [5, 5.41) is 9.20. The SMILES string of the molecule is CC(C)Cn1c(CCC(N)=O)nnc1SCC(=O)c1ccc2c(c1)CCCC2. The van der Waals surface area contributed by atoms with Crippen LogP contribution in [0.3, 0.4) is 0 Å². The number of fused-ring (bicyclic) bond motifs is 1. The standard InChI is InChI=1S/C21H28N4O2S/c1-14(2)12-25-20(10-9-19(22)27)23-24-21(25)28-13-18(26)17-8-7-15-5-3-4-6-16(15)11-17/h7-8,11,14H,3-6,9-10,12-13H2,1-2H3,(H2,22,27). The average Bonchev–Trinajstić information content (AvgIpc) is 3.05. The molecule has 1 aromatic carbocycles. The molecule has 1 amide bonds. The van der Waals surface area contributed by atoms with E-state index in [1.54, 1.807) is 0 Å². The summed E-state index contributed by atoms with van der Waals surface area (Å²) < 4.78 is 2.01. The third-order valence-electron chi connectivity index (χ3n) is 4.94. The highest BCUT2D eigenvalue weighted by molar-refractivity contribution is 7.99. The van der Waals surface area contributed by atoms with Gasteiger partial charge in [-0.05, 0) is 48.8 Å². The molecule has 2 aromatic rings. The zero-order chi connectivity index (χ0) is 20.1. The van der Waals surface area contributed by atoms with Crippen LogP contribution in [-0.4, -0.2) is 32.2 Å². The van der Waals surface area contributed by atoms with E-state index in [9.17, 15) is 9.59 Å². The van der Waals surface area contributed by atoms with E-state index in [0.717, 1.165) is 35.9 Å². The molecule has 3 rings (SSSR count). The monoisotopic (exact) mass is 400 g/mol. The lowest BCUT2D eigenvalue weighted by Gasteiger charge is -2.16. The number of carbonyl (C=O) groups excluding carboxylic acids is 2. The molecule has 2 N–H and O–H groups in total. The van der Waals surface area contributed by atoms with Crippen LogP contribution >= 0.6 is 11.8 Å². The molecule has 0 saturated heterocycles. The number of thioether (sulfide) groups is 1. The Bertz CT molecular complexity index is 860. The van der Waals surface area contributed by atoms with Crippen molar-refractivity contribution in [2.45, 2.75) is 64.1 Å². The number of hydrogen-bond acceptors (Lipinski definition) is 5. The minimum Gasteiger partial charge on any atom is -0.370 e. The maximum atomic E-state index is 12.7. The second kappa shape index (κ2) is 9.37. The fourth-order valence-electron chi connectivity index (χ4n) is 3.51. The van der Waals surface area contributed by atoms with Crippen LogP contribution in [0.5, 0.6) is 0 Å². The molecule has 0 aliphatic heterocycles. The number of rotatable bonds is 9. The number of carbonyl (C=O) groups is 2. The number of ketones is 1. The fraction of sp³-hybridized carbons (Fsp3) is 0.524. The normalized spacial score (nSPS) is 13.5. The van der Waals surface area contributed by atoms with E-state index in [0.29, 0.717) is 18.1 Å². The number of benzene rings is 1. The summed E-state index contributed by atoms with van der Waals surface area (Å²) in [6.07, 6.45) is 5.33. The third-order valence-corrected chi connectivity index (χ3v) is 5.91. The smallest absolute Gasteiger partial charge is 0.217 e. The Kier molecular flexibility index (Phi) is 6.88. The van der Waals surface area contributed by atoms with Crippen LogP contribution in [0, 0.1) is 5.92 Å². The molecular formula is C21H28N4O2S. The van der Waals surface area contributed by atoms with Gasteiger partial charge >= 0.3 is 0 Å². The molecule has 0 spiro atoms. The molecular weight excluding hydrogens is 372 g/mol. The Balaban J connectivity index is 1.69. The van der Waals surface area contributed by atoms with Gasteiger partial charge in [-0.1, -0.05) is 37.7 Å². The Labute approximate surface area is 170 Å². The highest BCUT2D eigenvalue weighted by Crippen LogP contribution is 2.24. The zero-order valence-electron chi connectivity index (χ0n) is 16.6. The topological polar surface area (TPSA) is 90.9 Å². The van der Waals surface area contributed by atoms with Crippen LogP contribution in [0.15, 0.2) is 23.4 Å². The van der Waals surface area contributed by atoms with Gasteiger partial charge in [0.15, 0.2) is 10.9 Å². The minimum atomic E-state index is -0.351. The lowest BCUT2D eigenvalue weighted by atomic mass is 9.90. The van der Waals surface area contributed by atoms with Crippen LogP contribution in [0.4, 0.5) is 0 Å². The van der Waals surface area contributed by atoms with Crippen LogP contribution in [-0.2, 0) is 30.6 Å². The molecule has 150 valence electrons. The van der Waals surface area contributed by atoms with Crippen LogP contribution < -0.4 is 5.73 Å². The molecule has 0 radical (unpaired) electrons. The van der Waals surface area contributed by atoms with Crippen molar-refractivity contribution in [3.8, 4) is 0 Å². The number of primary amides is 1. The number of nitrogens with two attached hydrogens (primary N) is 1. The molecule has 28 heavy (non-hydrogen) atoms.